The molecule has 0 unspecified atom stereocenters. The number of unbranched alkanes of at least 4 members (excludes halogenated alkanes) is 1. The molecule has 0 aromatic heterocycles. The molecule has 0 radical (unpaired) electrons. The molecule has 108 valence electrons. The Morgan fingerprint density at radius 2 is 1.52 bits per heavy atom. The largest absolute Gasteiger partial charge is 0.502 e. The van der Waals surface area contributed by atoms with E-state index in [2.05, 4.69) is 28.9 Å². The van der Waals surface area contributed by atoms with Gasteiger partial charge in [-0.05, 0) is 49.1 Å². The zero-order valence-electron chi connectivity index (χ0n) is 12.1. The van der Waals surface area contributed by atoms with E-state index in [0.29, 0.717) is 0 Å². The Hall–Kier alpha value is -2.42. The third kappa shape index (κ3) is 5.61. The second kappa shape index (κ2) is 8.69. The van der Waals surface area contributed by atoms with Gasteiger partial charge in [0, 0.05) is 0 Å². The van der Waals surface area contributed by atoms with E-state index in [4.69, 9.17) is 4.74 Å². The van der Waals surface area contributed by atoms with Gasteiger partial charge in [-0.15, -0.1) is 0 Å². The van der Waals surface area contributed by atoms with Crippen LogP contribution in [0.2, 0.25) is 0 Å². The smallest absolute Gasteiger partial charge is 0.0873 e. The fraction of sp³-hybridized carbons (Fsp3) is 0.222. The number of azo groups is 1. The van der Waals surface area contributed by atoms with Gasteiger partial charge in [0.15, 0.2) is 0 Å². The molecule has 21 heavy (non-hydrogen) atoms. The molecule has 0 amide bonds. The first-order chi connectivity index (χ1) is 10.4. The molecule has 2 aromatic carbocycles. The van der Waals surface area contributed by atoms with E-state index in [1.165, 1.54) is 11.8 Å². The molecule has 3 heteroatoms. The topological polar surface area (TPSA) is 34.0 Å². The average Bonchev–Trinajstić information content (AvgIpc) is 2.55. The van der Waals surface area contributed by atoms with E-state index in [0.717, 1.165) is 37.2 Å². The summed E-state index contributed by atoms with van der Waals surface area (Å²) in [4.78, 5) is 0. The van der Waals surface area contributed by atoms with Crippen LogP contribution < -0.4 is 0 Å². The van der Waals surface area contributed by atoms with Gasteiger partial charge in [-0.3, -0.25) is 0 Å². The van der Waals surface area contributed by atoms with Crippen molar-refractivity contribution in [1.29, 1.82) is 0 Å². The molecule has 0 bridgehead atoms. The average molecular weight is 280 g/mol. The Balaban J connectivity index is 1.81. The lowest BCUT2D eigenvalue weighted by Crippen LogP contribution is -1.90. The molecule has 2 rings (SSSR count). The molecule has 0 saturated heterocycles. The Morgan fingerprint density at radius 3 is 2.19 bits per heavy atom. The zero-order valence-corrected chi connectivity index (χ0v) is 12.1. The van der Waals surface area contributed by atoms with Crippen molar-refractivity contribution < 1.29 is 4.74 Å². The van der Waals surface area contributed by atoms with Crippen LogP contribution in [0.5, 0.6) is 0 Å². The molecule has 0 fully saturated rings. The second-order valence-corrected chi connectivity index (χ2v) is 4.70. The fourth-order valence-electron chi connectivity index (χ4n) is 1.94. The highest BCUT2D eigenvalue weighted by Gasteiger charge is 1.95. The lowest BCUT2D eigenvalue weighted by molar-refractivity contribution is 0.243. The van der Waals surface area contributed by atoms with Crippen molar-refractivity contribution in [3.05, 3.63) is 73.0 Å². The Morgan fingerprint density at radius 1 is 0.857 bits per heavy atom. The summed E-state index contributed by atoms with van der Waals surface area (Å²) in [5.41, 5.74) is 3.05. The van der Waals surface area contributed by atoms with Crippen LogP contribution in [0.1, 0.15) is 18.4 Å². The number of nitrogens with zero attached hydrogens (tertiary/aromatic N) is 2. The maximum atomic E-state index is 5.10. The Kier molecular flexibility index (Phi) is 6.20. The summed E-state index contributed by atoms with van der Waals surface area (Å²) in [5.74, 6) is 0. The van der Waals surface area contributed by atoms with Crippen LogP contribution in [0.4, 0.5) is 11.4 Å². The van der Waals surface area contributed by atoms with E-state index in [-0.39, 0.29) is 0 Å². The molecule has 0 atom stereocenters. The molecule has 0 aliphatic heterocycles. The van der Waals surface area contributed by atoms with Crippen LogP contribution in [-0.4, -0.2) is 6.61 Å². The molecule has 0 heterocycles. The molecule has 3 nitrogen and oxygen atoms in total. The predicted octanol–water partition coefficient (Wildman–Crippen LogP) is 5.58. The minimum atomic E-state index is 0.743. The molecule has 0 saturated carbocycles. The van der Waals surface area contributed by atoms with Gasteiger partial charge in [0.2, 0.25) is 0 Å². The Labute approximate surface area is 126 Å². The summed E-state index contributed by atoms with van der Waals surface area (Å²) in [6, 6.07) is 18.0. The van der Waals surface area contributed by atoms with E-state index in [1.54, 1.807) is 0 Å². The van der Waals surface area contributed by atoms with Gasteiger partial charge in [-0.1, -0.05) is 36.9 Å². The molecule has 0 spiro atoms. The molecule has 2 aromatic rings. The highest BCUT2D eigenvalue weighted by Crippen LogP contribution is 2.18. The van der Waals surface area contributed by atoms with E-state index >= 15 is 0 Å². The summed E-state index contributed by atoms with van der Waals surface area (Å²) in [6.45, 7) is 4.27. The van der Waals surface area contributed by atoms with Gasteiger partial charge in [0.1, 0.15) is 0 Å². The van der Waals surface area contributed by atoms with E-state index < -0.39 is 0 Å². The number of aryl methyl sites for hydroxylation is 1. The third-order valence-corrected chi connectivity index (χ3v) is 3.07. The monoisotopic (exact) mass is 280 g/mol. The molecule has 0 N–H and O–H groups in total. The van der Waals surface area contributed by atoms with Crippen LogP contribution in [0.3, 0.4) is 0 Å². The summed E-state index contributed by atoms with van der Waals surface area (Å²) in [7, 11) is 0. The van der Waals surface area contributed by atoms with Crippen LogP contribution in [-0.2, 0) is 11.2 Å². The minimum absolute atomic E-state index is 0.743. The predicted molar refractivity (Wildman–Crippen MR) is 86.1 cm³/mol. The van der Waals surface area contributed by atoms with Crippen molar-refractivity contribution in [3.8, 4) is 0 Å². The van der Waals surface area contributed by atoms with E-state index in [9.17, 15) is 0 Å². The van der Waals surface area contributed by atoms with Crippen LogP contribution in [0, 0.1) is 0 Å². The summed E-state index contributed by atoms with van der Waals surface area (Å²) < 4.78 is 5.10. The van der Waals surface area contributed by atoms with Crippen LogP contribution in [0.25, 0.3) is 0 Å². The minimum Gasteiger partial charge on any atom is -0.502 e. The lowest BCUT2D eigenvalue weighted by atomic mass is 10.1. The third-order valence-electron chi connectivity index (χ3n) is 3.07. The van der Waals surface area contributed by atoms with Gasteiger partial charge in [-0.2, -0.15) is 10.2 Å². The highest BCUT2D eigenvalue weighted by atomic mass is 16.5. The maximum absolute atomic E-state index is 5.10. The normalized spacial score (nSPS) is 10.7. The maximum Gasteiger partial charge on any atom is 0.0873 e. The zero-order chi connectivity index (χ0) is 14.8. The summed E-state index contributed by atoms with van der Waals surface area (Å²) in [6.07, 6.45) is 4.70. The number of rotatable bonds is 8. The highest BCUT2D eigenvalue weighted by molar-refractivity contribution is 5.40. The van der Waals surface area contributed by atoms with Gasteiger partial charge in [0.25, 0.3) is 0 Å². The molecule has 0 aliphatic rings. The van der Waals surface area contributed by atoms with Gasteiger partial charge in [0.05, 0.1) is 24.2 Å². The van der Waals surface area contributed by atoms with Gasteiger partial charge < -0.3 is 4.74 Å². The number of hydrogen-bond acceptors (Lipinski definition) is 3. The first-order valence-corrected chi connectivity index (χ1v) is 7.17. The van der Waals surface area contributed by atoms with Crippen molar-refractivity contribution in [2.24, 2.45) is 10.2 Å². The van der Waals surface area contributed by atoms with Crippen molar-refractivity contribution >= 4 is 11.4 Å². The Bertz CT molecular complexity index is 562. The summed E-state index contributed by atoms with van der Waals surface area (Å²) in [5, 5.41) is 8.43. The second-order valence-electron chi connectivity index (χ2n) is 4.70. The number of ether oxygens (including phenoxy) is 1. The SMILES string of the molecule is C=COCCCCc1ccc(N=Nc2ccccc2)cc1. The fourth-order valence-corrected chi connectivity index (χ4v) is 1.94. The standard InChI is InChI=1S/C18H20N2O/c1-2-21-15-7-6-8-16-11-13-18(14-12-16)20-19-17-9-4-3-5-10-17/h2-5,9-14H,1,6-8,15H2. The van der Waals surface area contributed by atoms with Gasteiger partial charge >= 0.3 is 0 Å². The number of benzene rings is 2. The van der Waals surface area contributed by atoms with Crippen molar-refractivity contribution in [1.82, 2.24) is 0 Å². The molecule has 0 aliphatic carbocycles. The first kappa shape index (κ1) is 15.0. The van der Waals surface area contributed by atoms with Crippen molar-refractivity contribution in [3.63, 3.8) is 0 Å². The molecular formula is C18H20N2O. The molecular weight excluding hydrogens is 260 g/mol. The van der Waals surface area contributed by atoms with E-state index in [1.807, 2.05) is 42.5 Å². The van der Waals surface area contributed by atoms with Crippen molar-refractivity contribution in [2.45, 2.75) is 19.3 Å². The van der Waals surface area contributed by atoms with Crippen molar-refractivity contribution in [2.75, 3.05) is 6.61 Å². The quantitative estimate of drug-likeness (QED) is 0.353. The van der Waals surface area contributed by atoms with Crippen LogP contribution in [0.15, 0.2) is 77.7 Å². The lowest BCUT2D eigenvalue weighted by Gasteiger charge is -2.02. The van der Waals surface area contributed by atoms with Crippen LogP contribution >= 0.6 is 0 Å². The summed E-state index contributed by atoms with van der Waals surface area (Å²) >= 11 is 0. The van der Waals surface area contributed by atoms with Gasteiger partial charge in [-0.25, -0.2) is 0 Å². The number of hydrogen-bond donors (Lipinski definition) is 0. The first-order valence-electron chi connectivity index (χ1n) is 7.17.